The zero-order valence-corrected chi connectivity index (χ0v) is 15.3. The molecule has 3 aromatic carbocycles. The SMILES string of the molecule is Oc1cc(O)c([C@H]2c3c(O)cc(O)cc3O[C@H](c3ccc(O)c(O)c3)[C@@H]2O)c(O)c1. The van der Waals surface area contributed by atoms with Crippen molar-refractivity contribution in [1.82, 2.24) is 0 Å². The molecule has 4 rings (SSSR count). The first-order valence-electron chi connectivity index (χ1n) is 8.84. The maximum Gasteiger partial charge on any atom is 0.157 e. The third-order valence-electron chi connectivity index (χ3n) is 5.08. The average Bonchev–Trinajstić information content (AvgIpc) is 2.64. The van der Waals surface area contributed by atoms with Crippen molar-refractivity contribution in [2.45, 2.75) is 18.1 Å². The Morgan fingerprint density at radius 1 is 0.600 bits per heavy atom. The van der Waals surface area contributed by atoms with E-state index < -0.39 is 46.9 Å². The third kappa shape index (κ3) is 3.01. The van der Waals surface area contributed by atoms with Crippen LogP contribution in [0.15, 0.2) is 42.5 Å². The van der Waals surface area contributed by atoms with Crippen LogP contribution in [-0.2, 0) is 0 Å². The summed E-state index contributed by atoms with van der Waals surface area (Å²) in [6.07, 6.45) is -2.68. The average molecular weight is 414 g/mol. The molecule has 3 atom stereocenters. The van der Waals surface area contributed by atoms with Gasteiger partial charge in [-0.15, -0.1) is 0 Å². The van der Waals surface area contributed by atoms with Crippen LogP contribution < -0.4 is 4.74 Å². The highest BCUT2D eigenvalue weighted by molar-refractivity contribution is 5.62. The van der Waals surface area contributed by atoms with Gasteiger partial charge in [-0.1, -0.05) is 6.07 Å². The molecule has 1 heterocycles. The largest absolute Gasteiger partial charge is 0.508 e. The van der Waals surface area contributed by atoms with Crippen LogP contribution in [0.3, 0.4) is 0 Å². The first kappa shape index (κ1) is 19.3. The van der Waals surface area contributed by atoms with Gasteiger partial charge < -0.3 is 45.6 Å². The van der Waals surface area contributed by atoms with Crippen molar-refractivity contribution in [1.29, 1.82) is 0 Å². The van der Waals surface area contributed by atoms with Gasteiger partial charge in [0.2, 0.25) is 0 Å². The Morgan fingerprint density at radius 2 is 1.17 bits per heavy atom. The molecule has 0 amide bonds. The van der Waals surface area contributed by atoms with Crippen LogP contribution in [0.2, 0.25) is 0 Å². The van der Waals surface area contributed by atoms with Crippen molar-refractivity contribution in [3.63, 3.8) is 0 Å². The van der Waals surface area contributed by atoms with Crippen LogP contribution in [0, 0.1) is 0 Å². The molecule has 0 spiro atoms. The number of aromatic hydroxyl groups is 7. The van der Waals surface area contributed by atoms with Crippen LogP contribution in [0.4, 0.5) is 0 Å². The smallest absolute Gasteiger partial charge is 0.157 e. The Kier molecular flexibility index (Phi) is 4.39. The topological polar surface area (TPSA) is 171 Å². The van der Waals surface area contributed by atoms with Crippen molar-refractivity contribution in [3.05, 3.63) is 59.2 Å². The van der Waals surface area contributed by atoms with Gasteiger partial charge in [-0.05, 0) is 17.7 Å². The summed E-state index contributed by atoms with van der Waals surface area (Å²) < 4.78 is 5.77. The molecule has 0 fully saturated rings. The highest BCUT2D eigenvalue weighted by Gasteiger charge is 2.43. The number of aliphatic hydroxyl groups is 1. The third-order valence-corrected chi connectivity index (χ3v) is 5.08. The number of aliphatic hydroxyl groups excluding tert-OH is 1. The lowest BCUT2D eigenvalue weighted by molar-refractivity contribution is 0.00644. The van der Waals surface area contributed by atoms with Crippen LogP contribution in [0.25, 0.3) is 0 Å². The Balaban J connectivity index is 1.95. The van der Waals surface area contributed by atoms with E-state index in [0.717, 1.165) is 18.2 Å². The van der Waals surface area contributed by atoms with Gasteiger partial charge in [0.25, 0.3) is 0 Å². The molecule has 30 heavy (non-hydrogen) atoms. The molecule has 0 saturated carbocycles. The molecule has 9 nitrogen and oxygen atoms in total. The van der Waals surface area contributed by atoms with E-state index in [9.17, 15) is 40.9 Å². The summed E-state index contributed by atoms with van der Waals surface area (Å²) in [6, 6.07) is 7.90. The molecule has 0 aliphatic carbocycles. The van der Waals surface area contributed by atoms with Crippen molar-refractivity contribution >= 4 is 0 Å². The highest BCUT2D eigenvalue weighted by atomic mass is 16.5. The standard InChI is InChI=1S/C21H18O9/c22-9-4-13(26)17(14(27)5-9)19-18-15(28)6-10(23)7-16(18)30-21(20(19)29)8-1-2-11(24)12(25)3-8/h1-7,19-29H/t19-,20+,21+/m0/s1. The van der Waals surface area contributed by atoms with Crippen molar-refractivity contribution in [2.75, 3.05) is 0 Å². The van der Waals surface area contributed by atoms with Gasteiger partial charge in [-0.25, -0.2) is 0 Å². The van der Waals surface area contributed by atoms with E-state index in [1.54, 1.807) is 0 Å². The van der Waals surface area contributed by atoms with E-state index in [1.807, 2.05) is 0 Å². The van der Waals surface area contributed by atoms with Crippen molar-refractivity contribution in [2.24, 2.45) is 0 Å². The zero-order chi connectivity index (χ0) is 21.7. The first-order valence-corrected chi connectivity index (χ1v) is 8.84. The Bertz CT molecular complexity index is 1120. The normalized spacial score (nSPS) is 20.4. The fourth-order valence-electron chi connectivity index (χ4n) is 3.78. The van der Waals surface area contributed by atoms with Crippen LogP contribution in [0.5, 0.6) is 46.0 Å². The Hall–Kier alpha value is -3.98. The maximum atomic E-state index is 11.1. The van der Waals surface area contributed by atoms with E-state index in [2.05, 4.69) is 0 Å². The number of fused-ring (bicyclic) bond motifs is 1. The highest BCUT2D eigenvalue weighted by Crippen LogP contribution is 2.54. The lowest BCUT2D eigenvalue weighted by Gasteiger charge is -2.38. The lowest BCUT2D eigenvalue weighted by Crippen LogP contribution is -2.35. The molecular formula is C21H18O9. The van der Waals surface area contributed by atoms with Gasteiger partial charge in [-0.3, -0.25) is 0 Å². The van der Waals surface area contributed by atoms with Gasteiger partial charge >= 0.3 is 0 Å². The number of hydrogen-bond acceptors (Lipinski definition) is 9. The summed E-state index contributed by atoms with van der Waals surface area (Å²) in [6.45, 7) is 0. The van der Waals surface area contributed by atoms with Crippen LogP contribution >= 0.6 is 0 Å². The number of rotatable bonds is 2. The van der Waals surface area contributed by atoms with Gasteiger partial charge in [0, 0.05) is 35.4 Å². The minimum absolute atomic E-state index is 0.00385. The molecule has 1 aliphatic heterocycles. The van der Waals surface area contributed by atoms with Gasteiger partial charge in [0.15, 0.2) is 17.6 Å². The number of ether oxygens (including phenoxy) is 1. The number of phenols is 7. The number of hydrogen-bond donors (Lipinski definition) is 8. The first-order chi connectivity index (χ1) is 14.2. The monoisotopic (exact) mass is 414 g/mol. The second-order valence-electron chi connectivity index (χ2n) is 7.03. The Labute approximate surface area is 169 Å². The summed E-state index contributed by atoms with van der Waals surface area (Å²) >= 11 is 0. The molecule has 0 radical (unpaired) electrons. The predicted octanol–water partition coefficient (Wildman–Crippen LogP) is 2.25. The van der Waals surface area contributed by atoms with E-state index in [-0.39, 0.29) is 33.9 Å². The van der Waals surface area contributed by atoms with Crippen LogP contribution in [0.1, 0.15) is 28.7 Å². The number of benzene rings is 3. The van der Waals surface area contributed by atoms with Crippen molar-refractivity contribution < 1.29 is 45.6 Å². The molecule has 0 saturated heterocycles. The molecule has 8 N–H and O–H groups in total. The van der Waals surface area contributed by atoms with E-state index in [0.29, 0.717) is 0 Å². The second-order valence-corrected chi connectivity index (χ2v) is 7.03. The fraction of sp³-hybridized carbons (Fsp3) is 0.143. The zero-order valence-electron chi connectivity index (χ0n) is 15.3. The molecule has 3 aromatic rings. The lowest BCUT2D eigenvalue weighted by atomic mass is 9.79. The molecule has 156 valence electrons. The molecule has 1 aliphatic rings. The second kappa shape index (κ2) is 6.82. The van der Waals surface area contributed by atoms with Crippen LogP contribution in [-0.4, -0.2) is 47.0 Å². The maximum absolute atomic E-state index is 11.1. The molecule has 0 bridgehead atoms. The summed E-state index contributed by atoms with van der Waals surface area (Å²) in [5, 5.41) is 81.2. The summed E-state index contributed by atoms with van der Waals surface area (Å²) in [4.78, 5) is 0. The molecule has 9 heteroatoms. The molecule has 0 unspecified atom stereocenters. The predicted molar refractivity (Wildman–Crippen MR) is 102 cm³/mol. The van der Waals surface area contributed by atoms with Gasteiger partial charge in [-0.2, -0.15) is 0 Å². The van der Waals surface area contributed by atoms with E-state index in [4.69, 9.17) is 4.74 Å². The molecular weight excluding hydrogens is 396 g/mol. The summed E-state index contributed by atoms with van der Waals surface area (Å²) in [5.41, 5.74) is 0.0590. The van der Waals surface area contributed by atoms with Crippen molar-refractivity contribution in [3.8, 4) is 46.0 Å². The Morgan fingerprint density at radius 3 is 1.77 bits per heavy atom. The minimum Gasteiger partial charge on any atom is -0.508 e. The molecule has 0 aromatic heterocycles. The number of phenolic OH excluding ortho intramolecular Hbond substituents is 7. The van der Waals surface area contributed by atoms with E-state index >= 15 is 0 Å². The van der Waals surface area contributed by atoms with Gasteiger partial charge in [0.1, 0.15) is 40.6 Å². The quantitative estimate of drug-likeness (QED) is 0.293. The van der Waals surface area contributed by atoms with E-state index in [1.165, 1.54) is 24.3 Å². The van der Waals surface area contributed by atoms with Gasteiger partial charge in [0.05, 0.1) is 5.92 Å². The fourth-order valence-corrected chi connectivity index (χ4v) is 3.78. The summed E-state index contributed by atoms with van der Waals surface area (Å²) in [5.74, 6) is -4.38. The minimum atomic E-state index is -1.50. The summed E-state index contributed by atoms with van der Waals surface area (Å²) in [7, 11) is 0.